The van der Waals surface area contributed by atoms with Crippen LogP contribution in [0.3, 0.4) is 0 Å². The molecule has 1 rings (SSSR count). The number of nitrogens with zero attached hydrogens (tertiary/aromatic N) is 3. The Balaban J connectivity index is 3.05. The van der Waals surface area contributed by atoms with E-state index in [1.165, 1.54) is 7.05 Å². The van der Waals surface area contributed by atoms with Crippen molar-refractivity contribution in [3.05, 3.63) is 12.2 Å². The Morgan fingerprint density at radius 1 is 1.50 bits per heavy atom. The molecule has 56 valence electrons. The molecule has 0 fully saturated rings. The maximum absolute atomic E-state index is 8.55. The number of aryl methyl sites for hydroxylation is 1. The van der Waals surface area contributed by atoms with Gasteiger partial charge in [0.1, 0.15) is 6.33 Å². The van der Waals surface area contributed by atoms with Crippen LogP contribution >= 0.6 is 0 Å². The highest BCUT2D eigenvalue weighted by atomic mass is 16.7. The van der Waals surface area contributed by atoms with Crippen molar-refractivity contribution in [2.75, 3.05) is 0 Å². The summed E-state index contributed by atoms with van der Waals surface area (Å²) in [5.41, 5.74) is 0. The fourth-order valence-corrected chi connectivity index (χ4v) is 0.600. The molecule has 1 aromatic rings. The lowest BCUT2D eigenvalue weighted by Gasteiger charge is -2.10. The average molecular weight is 145 g/mol. The molecule has 0 unspecified atom stereocenters. The van der Waals surface area contributed by atoms with Gasteiger partial charge in [0.25, 0.3) is 0 Å². The predicted molar refractivity (Wildman–Crippen MR) is 29.3 cm³/mol. The quantitative estimate of drug-likeness (QED) is 0.394. The van der Waals surface area contributed by atoms with Gasteiger partial charge in [0.05, 0.1) is 0 Å². The van der Waals surface area contributed by atoms with Gasteiger partial charge in [-0.1, -0.05) is 0 Å². The Bertz CT molecular complexity index is 226. The van der Waals surface area contributed by atoms with Gasteiger partial charge < -0.3 is 15.3 Å². The molecule has 0 aliphatic rings. The third-order valence-electron chi connectivity index (χ3n) is 1.01. The van der Waals surface area contributed by atoms with Crippen molar-refractivity contribution in [1.29, 1.82) is 0 Å². The Hall–Kier alpha value is -0.980. The van der Waals surface area contributed by atoms with Gasteiger partial charge in [0.15, 0.2) is 0 Å². The van der Waals surface area contributed by atoms with E-state index in [0.717, 1.165) is 11.0 Å². The van der Waals surface area contributed by atoms with Crippen molar-refractivity contribution in [1.82, 2.24) is 14.8 Å². The molecule has 1 heterocycles. The molecule has 0 atom stereocenters. The maximum Gasteiger partial charge on any atom is 0.340 e. The van der Waals surface area contributed by atoms with Gasteiger partial charge in [0.2, 0.25) is 5.82 Å². The molecular formula is C4H7N3O3. The fourth-order valence-electron chi connectivity index (χ4n) is 0.600. The molecule has 0 spiro atoms. The number of hydrogen-bond acceptors (Lipinski definition) is 5. The number of aliphatic hydroxyl groups is 3. The molecular weight excluding hydrogens is 138 g/mol. The van der Waals surface area contributed by atoms with E-state index in [-0.39, 0.29) is 5.82 Å². The van der Waals surface area contributed by atoms with Gasteiger partial charge in [-0.05, 0) is 0 Å². The largest absolute Gasteiger partial charge is 0.340 e. The van der Waals surface area contributed by atoms with Gasteiger partial charge in [0, 0.05) is 7.05 Å². The lowest BCUT2D eigenvalue weighted by atomic mass is 10.5. The zero-order chi connectivity index (χ0) is 7.78. The van der Waals surface area contributed by atoms with Crippen molar-refractivity contribution >= 4 is 0 Å². The van der Waals surface area contributed by atoms with Crippen molar-refractivity contribution in [2.24, 2.45) is 7.05 Å². The van der Waals surface area contributed by atoms with Gasteiger partial charge in [-0.15, -0.1) is 0 Å². The van der Waals surface area contributed by atoms with Crippen LogP contribution in [0.4, 0.5) is 0 Å². The molecule has 0 bridgehead atoms. The van der Waals surface area contributed by atoms with Crippen molar-refractivity contribution in [3.63, 3.8) is 0 Å². The van der Waals surface area contributed by atoms with E-state index in [0.29, 0.717) is 0 Å². The summed E-state index contributed by atoms with van der Waals surface area (Å²) in [6.45, 7) is 0. The molecule has 0 amide bonds. The highest BCUT2D eigenvalue weighted by molar-refractivity contribution is 4.87. The van der Waals surface area contributed by atoms with Crippen molar-refractivity contribution in [2.45, 2.75) is 5.97 Å². The number of rotatable bonds is 1. The van der Waals surface area contributed by atoms with Gasteiger partial charge >= 0.3 is 5.97 Å². The van der Waals surface area contributed by atoms with Crippen LogP contribution in [0.1, 0.15) is 5.82 Å². The lowest BCUT2D eigenvalue weighted by molar-refractivity contribution is -0.330. The zero-order valence-electron chi connectivity index (χ0n) is 5.26. The van der Waals surface area contributed by atoms with Crippen LogP contribution < -0.4 is 0 Å². The van der Waals surface area contributed by atoms with Gasteiger partial charge in [-0.2, -0.15) is 5.10 Å². The van der Waals surface area contributed by atoms with E-state index < -0.39 is 5.97 Å². The monoisotopic (exact) mass is 145 g/mol. The summed E-state index contributed by atoms with van der Waals surface area (Å²) in [5.74, 6) is -3.21. The molecule has 0 saturated heterocycles. The molecule has 3 N–H and O–H groups in total. The SMILES string of the molecule is Cn1ncnc1C(O)(O)O. The summed E-state index contributed by atoms with van der Waals surface area (Å²) in [7, 11) is 1.43. The lowest BCUT2D eigenvalue weighted by Crippen LogP contribution is -2.28. The van der Waals surface area contributed by atoms with E-state index in [9.17, 15) is 0 Å². The van der Waals surface area contributed by atoms with Crippen molar-refractivity contribution < 1.29 is 15.3 Å². The molecule has 1 aromatic heterocycles. The summed E-state index contributed by atoms with van der Waals surface area (Å²) in [5, 5.41) is 29.1. The smallest absolute Gasteiger partial charge is 0.337 e. The highest BCUT2D eigenvalue weighted by Crippen LogP contribution is 2.07. The molecule has 0 aliphatic carbocycles. The molecule has 0 saturated carbocycles. The average Bonchev–Trinajstić information content (AvgIpc) is 2.11. The summed E-state index contributed by atoms with van der Waals surface area (Å²) >= 11 is 0. The fraction of sp³-hybridized carbons (Fsp3) is 0.500. The van der Waals surface area contributed by atoms with Crippen LogP contribution in [0.2, 0.25) is 0 Å². The standard InChI is InChI=1S/C4H7N3O3/c1-7-3(4(8,9)10)5-2-6-7/h2,8-10H,1H3. The Labute approximate surface area is 56.4 Å². The maximum atomic E-state index is 8.55. The molecule has 0 aliphatic heterocycles. The topological polar surface area (TPSA) is 91.4 Å². The minimum atomic E-state index is -2.90. The minimum Gasteiger partial charge on any atom is -0.337 e. The Kier molecular flexibility index (Phi) is 1.43. The summed E-state index contributed by atoms with van der Waals surface area (Å²) in [6, 6.07) is 0. The van der Waals surface area contributed by atoms with E-state index in [1.54, 1.807) is 0 Å². The Morgan fingerprint density at radius 3 is 2.30 bits per heavy atom. The van der Waals surface area contributed by atoms with Gasteiger partial charge in [-0.25, -0.2) is 9.67 Å². The van der Waals surface area contributed by atoms with E-state index in [4.69, 9.17) is 15.3 Å². The molecule has 0 aromatic carbocycles. The highest BCUT2D eigenvalue weighted by Gasteiger charge is 2.27. The third kappa shape index (κ3) is 1.13. The van der Waals surface area contributed by atoms with Crippen LogP contribution in [-0.2, 0) is 13.0 Å². The first-order valence-electron chi connectivity index (χ1n) is 2.53. The van der Waals surface area contributed by atoms with Crippen LogP contribution in [0.25, 0.3) is 0 Å². The molecule has 10 heavy (non-hydrogen) atoms. The number of aromatic nitrogens is 3. The van der Waals surface area contributed by atoms with Crippen LogP contribution in [0.5, 0.6) is 0 Å². The first-order valence-corrected chi connectivity index (χ1v) is 2.53. The van der Waals surface area contributed by atoms with E-state index >= 15 is 0 Å². The van der Waals surface area contributed by atoms with Crippen molar-refractivity contribution in [3.8, 4) is 0 Å². The van der Waals surface area contributed by atoms with E-state index in [1.807, 2.05) is 0 Å². The first-order chi connectivity index (χ1) is 4.52. The second-order valence-corrected chi connectivity index (χ2v) is 1.84. The molecule has 6 heteroatoms. The zero-order valence-corrected chi connectivity index (χ0v) is 5.26. The van der Waals surface area contributed by atoms with Crippen LogP contribution in [0.15, 0.2) is 6.33 Å². The first kappa shape index (κ1) is 7.13. The van der Waals surface area contributed by atoms with Crippen LogP contribution in [0, 0.1) is 0 Å². The van der Waals surface area contributed by atoms with Crippen LogP contribution in [-0.4, -0.2) is 30.1 Å². The predicted octanol–water partition coefficient (Wildman–Crippen LogP) is -2.10. The normalized spacial score (nSPS) is 12.0. The second kappa shape index (κ2) is 2.01. The summed E-state index contributed by atoms with van der Waals surface area (Å²) in [6.07, 6.45) is 1.10. The van der Waals surface area contributed by atoms with E-state index in [2.05, 4.69) is 10.1 Å². The molecule has 6 nitrogen and oxygen atoms in total. The minimum absolute atomic E-state index is 0.312. The number of hydrogen-bond donors (Lipinski definition) is 3. The third-order valence-corrected chi connectivity index (χ3v) is 1.01. The Morgan fingerprint density at radius 2 is 2.10 bits per heavy atom. The summed E-state index contributed by atoms with van der Waals surface area (Å²) in [4.78, 5) is 3.39. The second-order valence-electron chi connectivity index (χ2n) is 1.84. The molecule has 0 radical (unpaired) electrons. The summed E-state index contributed by atoms with van der Waals surface area (Å²) < 4.78 is 1.06. The van der Waals surface area contributed by atoms with Gasteiger partial charge in [-0.3, -0.25) is 0 Å².